The number of aliphatic hydroxyl groups is 1. The van der Waals surface area contributed by atoms with Gasteiger partial charge in [-0.2, -0.15) is 15.1 Å². The molecule has 1 unspecified atom stereocenters. The summed E-state index contributed by atoms with van der Waals surface area (Å²) in [7, 11) is 2.10. The predicted octanol–water partition coefficient (Wildman–Crippen LogP) is 4.77. The maximum absolute atomic E-state index is 10.5. The fraction of sp³-hybridized carbons (Fsp3) is 0.560. The van der Waals surface area contributed by atoms with E-state index in [0.717, 1.165) is 31.5 Å². The molecule has 190 valence electrons. The summed E-state index contributed by atoms with van der Waals surface area (Å²) in [5, 5.41) is 19.3. The van der Waals surface area contributed by atoms with Crippen LogP contribution in [0.2, 0.25) is 5.02 Å². The summed E-state index contributed by atoms with van der Waals surface area (Å²) in [6.07, 6.45) is 10.3. The van der Waals surface area contributed by atoms with E-state index in [1.165, 1.54) is 0 Å². The van der Waals surface area contributed by atoms with Crippen LogP contribution in [0.4, 0.5) is 11.6 Å². The summed E-state index contributed by atoms with van der Waals surface area (Å²) in [4.78, 5) is 14.5. The summed E-state index contributed by atoms with van der Waals surface area (Å²) < 4.78 is 7.98. The Bertz CT molecular complexity index is 1150. The van der Waals surface area contributed by atoms with Gasteiger partial charge in [0, 0.05) is 37.8 Å². The number of hydrogen-bond acceptors (Lipinski definition) is 7. The summed E-state index contributed by atoms with van der Waals surface area (Å²) in [5.41, 5.74) is 1.42. The average Bonchev–Trinajstić information content (AvgIpc) is 3.36. The molecule has 3 aromatic heterocycles. The van der Waals surface area contributed by atoms with E-state index < -0.39 is 6.10 Å². The van der Waals surface area contributed by atoms with Gasteiger partial charge in [-0.15, -0.1) is 6.58 Å². The fourth-order valence-corrected chi connectivity index (χ4v) is 4.55. The van der Waals surface area contributed by atoms with E-state index in [0.29, 0.717) is 46.9 Å². The highest BCUT2D eigenvalue weighted by molar-refractivity contribution is 6.35. The second kappa shape index (κ2) is 10.6. The van der Waals surface area contributed by atoms with E-state index in [1.54, 1.807) is 17.1 Å². The molecule has 0 bridgehead atoms. The van der Waals surface area contributed by atoms with Gasteiger partial charge in [0.05, 0.1) is 34.9 Å². The largest absolute Gasteiger partial charge is 0.474 e. The first-order valence-electron chi connectivity index (χ1n) is 12.2. The standard InChI is InChI=1S/C25H36ClN7O2/c1-6-8-32(5)17-9-19(10-17)35-23-21-20(26)13-27-22(21)30-24(31-23)29-16-12-28-33(14-16)15-18(34)11-25(3,4)7-2/h6,12-14,17-19,34H,1,7-11,15H2,2-5H3,(H2,27,29,30,31). The highest BCUT2D eigenvalue weighted by Gasteiger charge is 2.34. The van der Waals surface area contributed by atoms with E-state index in [9.17, 15) is 5.11 Å². The van der Waals surface area contributed by atoms with Crippen molar-refractivity contribution >= 4 is 34.3 Å². The molecule has 3 aromatic rings. The second-order valence-corrected chi connectivity index (χ2v) is 10.7. The molecule has 0 amide bonds. The van der Waals surface area contributed by atoms with Crippen molar-refractivity contribution in [2.45, 2.75) is 71.2 Å². The Morgan fingerprint density at radius 2 is 2.20 bits per heavy atom. The van der Waals surface area contributed by atoms with Crippen molar-refractivity contribution in [2.24, 2.45) is 5.41 Å². The number of aromatic nitrogens is 5. The summed E-state index contributed by atoms with van der Waals surface area (Å²) >= 11 is 6.40. The van der Waals surface area contributed by atoms with E-state index in [-0.39, 0.29) is 11.5 Å². The van der Waals surface area contributed by atoms with Crippen LogP contribution < -0.4 is 10.1 Å². The number of ether oxygens (including phenoxy) is 1. The van der Waals surface area contributed by atoms with Gasteiger partial charge in [-0.05, 0) is 18.9 Å². The van der Waals surface area contributed by atoms with Crippen molar-refractivity contribution < 1.29 is 9.84 Å². The number of aliphatic hydroxyl groups excluding tert-OH is 1. The molecule has 0 spiro atoms. The Balaban J connectivity index is 1.44. The number of rotatable bonds is 12. The SMILES string of the molecule is C=CCN(C)C1CC(Oc2nc(Nc3cnn(CC(O)CC(C)(C)CC)c3)nc3[nH]cc(Cl)c23)C1. The van der Waals surface area contributed by atoms with Crippen LogP contribution in [0.15, 0.2) is 31.2 Å². The molecule has 0 aromatic carbocycles. The molecule has 3 N–H and O–H groups in total. The number of aromatic amines is 1. The molecule has 35 heavy (non-hydrogen) atoms. The molecular weight excluding hydrogens is 466 g/mol. The van der Waals surface area contributed by atoms with Crippen LogP contribution in [0.3, 0.4) is 0 Å². The van der Waals surface area contributed by atoms with Crippen LogP contribution in [-0.2, 0) is 6.54 Å². The number of nitrogens with zero attached hydrogens (tertiary/aromatic N) is 5. The molecular formula is C25H36ClN7O2. The van der Waals surface area contributed by atoms with Crippen molar-refractivity contribution in [3.63, 3.8) is 0 Å². The minimum atomic E-state index is -0.469. The number of likely N-dealkylation sites (N-methyl/N-ethyl adjacent to an activating group) is 1. The van der Waals surface area contributed by atoms with Crippen LogP contribution in [0.25, 0.3) is 11.0 Å². The van der Waals surface area contributed by atoms with Crippen LogP contribution in [0, 0.1) is 5.41 Å². The quantitative estimate of drug-likeness (QED) is 0.307. The molecule has 0 radical (unpaired) electrons. The fourth-order valence-electron chi connectivity index (χ4n) is 4.33. The maximum atomic E-state index is 10.5. The molecule has 1 saturated carbocycles. The van der Waals surface area contributed by atoms with Crippen LogP contribution in [-0.4, -0.2) is 66.6 Å². The van der Waals surface area contributed by atoms with Gasteiger partial charge in [-0.25, -0.2) is 0 Å². The second-order valence-electron chi connectivity index (χ2n) is 10.3. The number of H-pyrrole nitrogens is 1. The van der Waals surface area contributed by atoms with Gasteiger partial charge in [0.15, 0.2) is 0 Å². The highest BCUT2D eigenvalue weighted by Crippen LogP contribution is 2.35. The molecule has 0 saturated heterocycles. The first-order valence-corrected chi connectivity index (χ1v) is 12.5. The van der Waals surface area contributed by atoms with Gasteiger partial charge >= 0.3 is 0 Å². The lowest BCUT2D eigenvalue weighted by atomic mass is 9.84. The normalized spacial score (nSPS) is 19.1. The molecule has 9 nitrogen and oxygen atoms in total. The summed E-state index contributed by atoms with van der Waals surface area (Å²) in [6.45, 7) is 11.6. The molecule has 10 heteroatoms. The molecule has 0 aliphatic heterocycles. The molecule has 1 aliphatic carbocycles. The number of fused-ring (bicyclic) bond motifs is 1. The van der Waals surface area contributed by atoms with Crippen LogP contribution in [0.1, 0.15) is 46.5 Å². The minimum Gasteiger partial charge on any atom is -0.474 e. The van der Waals surface area contributed by atoms with Crippen LogP contribution in [0.5, 0.6) is 5.88 Å². The maximum Gasteiger partial charge on any atom is 0.232 e. The van der Waals surface area contributed by atoms with E-state index in [2.05, 4.69) is 64.7 Å². The number of halogens is 1. The molecule has 1 atom stereocenters. The molecule has 4 rings (SSSR count). The van der Waals surface area contributed by atoms with Crippen LogP contribution >= 0.6 is 11.6 Å². The third-order valence-electron chi connectivity index (χ3n) is 6.87. The molecule has 1 aliphatic rings. The first kappa shape index (κ1) is 25.5. The van der Waals surface area contributed by atoms with Gasteiger partial charge in [0.25, 0.3) is 0 Å². The van der Waals surface area contributed by atoms with Gasteiger partial charge in [0.2, 0.25) is 11.8 Å². The number of hydrogen-bond donors (Lipinski definition) is 3. The van der Waals surface area contributed by atoms with Crippen molar-refractivity contribution in [2.75, 3.05) is 18.9 Å². The van der Waals surface area contributed by atoms with Gasteiger partial charge < -0.3 is 20.1 Å². The average molecular weight is 502 g/mol. The molecule has 3 heterocycles. The Hall–Kier alpha value is -2.62. The Kier molecular flexibility index (Phi) is 7.68. The number of anilines is 2. The van der Waals surface area contributed by atoms with Gasteiger partial charge in [-0.3, -0.25) is 9.58 Å². The molecule has 1 fully saturated rings. The third-order valence-corrected chi connectivity index (χ3v) is 7.17. The zero-order chi connectivity index (χ0) is 25.2. The number of nitrogens with one attached hydrogen (secondary N) is 2. The Morgan fingerprint density at radius 1 is 1.43 bits per heavy atom. The zero-order valence-electron chi connectivity index (χ0n) is 21.0. The topological polar surface area (TPSA) is 104 Å². The van der Waals surface area contributed by atoms with Crippen molar-refractivity contribution in [1.29, 1.82) is 0 Å². The van der Waals surface area contributed by atoms with Gasteiger partial charge in [0.1, 0.15) is 11.8 Å². The van der Waals surface area contributed by atoms with E-state index in [4.69, 9.17) is 16.3 Å². The smallest absolute Gasteiger partial charge is 0.232 e. The first-order chi connectivity index (χ1) is 16.7. The van der Waals surface area contributed by atoms with Crippen molar-refractivity contribution in [1.82, 2.24) is 29.6 Å². The lowest BCUT2D eigenvalue weighted by Gasteiger charge is -2.40. The Morgan fingerprint density at radius 3 is 2.91 bits per heavy atom. The van der Waals surface area contributed by atoms with E-state index >= 15 is 0 Å². The predicted molar refractivity (Wildman–Crippen MR) is 139 cm³/mol. The highest BCUT2D eigenvalue weighted by atomic mass is 35.5. The third kappa shape index (κ3) is 6.15. The monoisotopic (exact) mass is 501 g/mol. The van der Waals surface area contributed by atoms with E-state index in [1.807, 2.05) is 12.3 Å². The summed E-state index contributed by atoms with van der Waals surface area (Å²) in [6, 6.07) is 0.471. The lowest BCUT2D eigenvalue weighted by molar-refractivity contribution is 0.0323. The van der Waals surface area contributed by atoms with Crippen molar-refractivity contribution in [3.8, 4) is 5.88 Å². The van der Waals surface area contributed by atoms with Gasteiger partial charge in [-0.1, -0.05) is 44.9 Å². The van der Waals surface area contributed by atoms with Crippen molar-refractivity contribution in [3.05, 3.63) is 36.3 Å². The Labute approximate surface area is 211 Å². The zero-order valence-corrected chi connectivity index (χ0v) is 21.7. The lowest BCUT2D eigenvalue weighted by Crippen LogP contribution is -2.47. The summed E-state index contributed by atoms with van der Waals surface area (Å²) in [5.74, 6) is 0.848. The minimum absolute atomic E-state index is 0.0702.